The predicted octanol–water partition coefficient (Wildman–Crippen LogP) is 2.61. The van der Waals surface area contributed by atoms with E-state index in [0.717, 1.165) is 16.3 Å². The molecule has 3 aromatic rings. The van der Waals surface area contributed by atoms with Crippen LogP contribution in [0, 0.1) is 0 Å². The van der Waals surface area contributed by atoms with Crippen molar-refractivity contribution in [3.8, 4) is 5.75 Å². The number of nitrogens with one attached hydrogen (secondary N) is 2. The third-order valence-electron chi connectivity index (χ3n) is 3.66. The van der Waals surface area contributed by atoms with Crippen LogP contribution >= 0.6 is 0 Å². The molecule has 2 amide bonds. The van der Waals surface area contributed by atoms with Crippen LogP contribution in [0.5, 0.6) is 5.75 Å². The molecular weight excluding hydrogens is 316 g/mol. The van der Waals surface area contributed by atoms with Crippen molar-refractivity contribution in [2.24, 2.45) is 0 Å². The molecule has 0 radical (unpaired) electrons. The number of rotatable bonds is 5. The van der Waals surface area contributed by atoms with E-state index in [0.29, 0.717) is 5.75 Å². The summed E-state index contributed by atoms with van der Waals surface area (Å²) in [6.45, 7) is -0.181. The Morgan fingerprint density at radius 3 is 2.28 bits per heavy atom. The molecule has 5 nitrogen and oxygen atoms in total. The highest BCUT2D eigenvalue weighted by atomic mass is 16.5. The summed E-state index contributed by atoms with van der Waals surface area (Å²) < 4.78 is 5.57. The first-order chi connectivity index (χ1) is 12.2. The Morgan fingerprint density at radius 2 is 1.44 bits per heavy atom. The molecule has 3 aromatic carbocycles. The van der Waals surface area contributed by atoms with Gasteiger partial charge >= 0.3 is 0 Å². The number of ether oxygens (including phenoxy) is 1. The van der Waals surface area contributed by atoms with Crippen LogP contribution in [-0.4, -0.2) is 18.4 Å². The minimum absolute atomic E-state index is 0.181. The summed E-state index contributed by atoms with van der Waals surface area (Å²) in [6, 6.07) is 22.7. The summed E-state index contributed by atoms with van der Waals surface area (Å²) in [5.74, 6) is -0.0806. The van der Waals surface area contributed by atoms with Crippen LogP contribution in [0.15, 0.2) is 72.8 Å². The molecule has 0 bridgehead atoms. The quantitative estimate of drug-likeness (QED) is 0.705. The summed E-state index contributed by atoms with van der Waals surface area (Å²) >= 11 is 0. The number of hydrogen-bond donors (Lipinski definition) is 2. The average Bonchev–Trinajstić information content (AvgIpc) is 2.65. The van der Waals surface area contributed by atoms with E-state index in [1.165, 1.54) is 0 Å². The molecule has 0 aliphatic heterocycles. The lowest BCUT2D eigenvalue weighted by Crippen LogP contribution is -2.44. The van der Waals surface area contributed by atoms with Crippen molar-refractivity contribution in [2.75, 3.05) is 6.61 Å². The van der Waals surface area contributed by atoms with Crippen molar-refractivity contribution in [2.45, 2.75) is 6.42 Å². The van der Waals surface area contributed by atoms with Gasteiger partial charge in [0.05, 0.1) is 6.42 Å². The highest BCUT2D eigenvalue weighted by Crippen LogP contribution is 2.24. The lowest BCUT2D eigenvalue weighted by atomic mass is 10.1. The summed E-state index contributed by atoms with van der Waals surface area (Å²) in [5, 5.41) is 1.97. The molecule has 2 N–H and O–H groups in total. The molecule has 0 saturated heterocycles. The summed E-state index contributed by atoms with van der Waals surface area (Å²) in [4.78, 5) is 23.7. The predicted molar refractivity (Wildman–Crippen MR) is 95.9 cm³/mol. The zero-order valence-corrected chi connectivity index (χ0v) is 13.6. The van der Waals surface area contributed by atoms with E-state index in [-0.39, 0.29) is 18.9 Å². The smallest absolute Gasteiger partial charge is 0.276 e. The molecule has 0 aliphatic rings. The molecule has 0 unspecified atom stereocenters. The van der Waals surface area contributed by atoms with Gasteiger partial charge in [0.2, 0.25) is 5.91 Å². The van der Waals surface area contributed by atoms with Crippen LogP contribution in [0.2, 0.25) is 0 Å². The highest BCUT2D eigenvalue weighted by molar-refractivity contribution is 5.89. The third kappa shape index (κ3) is 4.57. The van der Waals surface area contributed by atoms with E-state index in [1.807, 2.05) is 72.8 Å². The number of benzene rings is 3. The van der Waals surface area contributed by atoms with E-state index in [2.05, 4.69) is 10.9 Å². The second-order valence-electron chi connectivity index (χ2n) is 5.52. The highest BCUT2D eigenvalue weighted by Gasteiger charge is 2.08. The number of carbonyl (C=O) groups is 2. The summed E-state index contributed by atoms with van der Waals surface area (Å²) in [5.41, 5.74) is 5.62. The first-order valence-electron chi connectivity index (χ1n) is 7.94. The van der Waals surface area contributed by atoms with Crippen LogP contribution in [0.1, 0.15) is 5.56 Å². The third-order valence-corrected chi connectivity index (χ3v) is 3.66. The maximum atomic E-state index is 11.9. The van der Waals surface area contributed by atoms with Crippen molar-refractivity contribution >= 4 is 22.6 Å². The molecule has 126 valence electrons. The Balaban J connectivity index is 1.49. The maximum Gasteiger partial charge on any atom is 0.276 e. The fourth-order valence-electron chi connectivity index (χ4n) is 2.47. The van der Waals surface area contributed by atoms with Crippen LogP contribution < -0.4 is 15.6 Å². The standard InChI is InChI=1S/C20H18N2O3/c23-19(13-15-7-2-1-3-8-15)21-22-20(24)14-25-18-12-6-10-16-9-4-5-11-17(16)18/h1-12H,13-14H2,(H,21,23)(H,22,24). The zero-order valence-electron chi connectivity index (χ0n) is 13.6. The Labute approximate surface area is 145 Å². The lowest BCUT2D eigenvalue weighted by Gasteiger charge is -2.10. The number of hydrazine groups is 1. The van der Waals surface area contributed by atoms with Gasteiger partial charge in [-0.05, 0) is 17.0 Å². The minimum Gasteiger partial charge on any atom is -0.483 e. The minimum atomic E-state index is -0.422. The van der Waals surface area contributed by atoms with Gasteiger partial charge in [0, 0.05) is 5.39 Å². The first-order valence-corrected chi connectivity index (χ1v) is 7.94. The van der Waals surface area contributed by atoms with Gasteiger partial charge in [-0.25, -0.2) is 0 Å². The topological polar surface area (TPSA) is 67.4 Å². The fourth-order valence-corrected chi connectivity index (χ4v) is 2.47. The van der Waals surface area contributed by atoms with Gasteiger partial charge in [-0.2, -0.15) is 0 Å². The SMILES string of the molecule is O=C(COc1cccc2ccccc12)NNC(=O)Cc1ccccc1. The van der Waals surface area contributed by atoms with Crippen LogP contribution in [0.4, 0.5) is 0 Å². The van der Waals surface area contributed by atoms with Gasteiger partial charge in [0.25, 0.3) is 5.91 Å². The van der Waals surface area contributed by atoms with Gasteiger partial charge in [-0.1, -0.05) is 66.7 Å². The molecule has 0 aromatic heterocycles. The number of hydrogen-bond acceptors (Lipinski definition) is 3. The van der Waals surface area contributed by atoms with Crippen molar-refractivity contribution in [3.63, 3.8) is 0 Å². The Hall–Kier alpha value is -3.34. The number of fused-ring (bicyclic) bond motifs is 1. The lowest BCUT2D eigenvalue weighted by molar-refractivity contribution is -0.129. The van der Waals surface area contributed by atoms with E-state index in [4.69, 9.17) is 4.74 Å². The molecule has 25 heavy (non-hydrogen) atoms. The second-order valence-corrected chi connectivity index (χ2v) is 5.52. The molecule has 0 atom stereocenters. The van der Waals surface area contributed by atoms with Crippen LogP contribution in [0.25, 0.3) is 10.8 Å². The van der Waals surface area contributed by atoms with Crippen LogP contribution in [-0.2, 0) is 16.0 Å². The molecule has 3 rings (SSSR count). The largest absolute Gasteiger partial charge is 0.483 e. The molecule has 0 aliphatic carbocycles. The molecule has 0 fully saturated rings. The van der Waals surface area contributed by atoms with Gasteiger partial charge in [-0.3, -0.25) is 20.4 Å². The molecular formula is C20H18N2O3. The van der Waals surface area contributed by atoms with Crippen molar-refractivity contribution in [1.82, 2.24) is 10.9 Å². The first kappa shape index (κ1) is 16.5. The van der Waals surface area contributed by atoms with E-state index in [9.17, 15) is 9.59 Å². The average molecular weight is 334 g/mol. The molecule has 0 heterocycles. The Morgan fingerprint density at radius 1 is 0.760 bits per heavy atom. The number of carbonyl (C=O) groups excluding carboxylic acids is 2. The van der Waals surface area contributed by atoms with E-state index < -0.39 is 5.91 Å². The molecule has 0 saturated carbocycles. The van der Waals surface area contributed by atoms with Crippen molar-refractivity contribution < 1.29 is 14.3 Å². The number of amides is 2. The fraction of sp³-hybridized carbons (Fsp3) is 0.100. The zero-order chi connectivity index (χ0) is 17.5. The molecule has 0 spiro atoms. The van der Waals surface area contributed by atoms with Gasteiger partial charge < -0.3 is 4.74 Å². The maximum absolute atomic E-state index is 11.9. The van der Waals surface area contributed by atoms with E-state index in [1.54, 1.807) is 0 Å². The van der Waals surface area contributed by atoms with Gasteiger partial charge in [-0.15, -0.1) is 0 Å². The van der Waals surface area contributed by atoms with Gasteiger partial charge in [0.1, 0.15) is 5.75 Å². The molecule has 5 heteroatoms. The normalized spacial score (nSPS) is 10.2. The summed E-state index contributed by atoms with van der Waals surface area (Å²) in [7, 11) is 0. The summed E-state index contributed by atoms with van der Waals surface area (Å²) in [6.07, 6.45) is 0.200. The van der Waals surface area contributed by atoms with Crippen molar-refractivity contribution in [3.05, 3.63) is 78.4 Å². The van der Waals surface area contributed by atoms with Crippen LogP contribution in [0.3, 0.4) is 0 Å². The van der Waals surface area contributed by atoms with Crippen molar-refractivity contribution in [1.29, 1.82) is 0 Å². The van der Waals surface area contributed by atoms with Gasteiger partial charge in [0.15, 0.2) is 6.61 Å². The van der Waals surface area contributed by atoms with E-state index >= 15 is 0 Å². The Bertz CT molecular complexity index is 873. The monoisotopic (exact) mass is 334 g/mol. The second kappa shape index (κ2) is 7.97. The Kier molecular flexibility index (Phi) is 5.26.